The number of nitrogens with one attached hydrogen (secondary N) is 2. The van der Waals surface area contributed by atoms with Crippen LogP contribution >= 0.6 is 0 Å². The second-order valence-electron chi connectivity index (χ2n) is 7.47. The van der Waals surface area contributed by atoms with E-state index in [1.165, 1.54) is 0 Å². The molecule has 4 rings (SSSR count). The van der Waals surface area contributed by atoms with Gasteiger partial charge in [0, 0.05) is 41.9 Å². The molecular formula is C19H26N4O2. The average Bonchev–Trinajstić information content (AvgIpc) is 3.21. The molecule has 1 saturated carbocycles. The molecule has 2 amide bonds. The lowest BCUT2D eigenvalue weighted by molar-refractivity contribution is 0.0553. The molecule has 0 spiro atoms. The van der Waals surface area contributed by atoms with Crippen molar-refractivity contribution in [3.63, 3.8) is 0 Å². The number of benzene rings is 1. The molecule has 0 radical (unpaired) electrons. The van der Waals surface area contributed by atoms with Crippen molar-refractivity contribution < 1.29 is 9.53 Å². The first-order valence-corrected chi connectivity index (χ1v) is 9.28. The summed E-state index contributed by atoms with van der Waals surface area (Å²) in [4.78, 5) is 12.4. The van der Waals surface area contributed by atoms with Gasteiger partial charge in [0.25, 0.3) is 0 Å². The van der Waals surface area contributed by atoms with E-state index in [-0.39, 0.29) is 12.1 Å². The lowest BCUT2D eigenvalue weighted by Gasteiger charge is -2.33. The molecule has 1 aromatic heterocycles. The first-order chi connectivity index (χ1) is 12.1. The molecule has 2 heterocycles. The molecule has 134 valence electrons. The van der Waals surface area contributed by atoms with Gasteiger partial charge in [0.2, 0.25) is 0 Å². The van der Waals surface area contributed by atoms with Gasteiger partial charge >= 0.3 is 6.03 Å². The average molecular weight is 342 g/mol. The van der Waals surface area contributed by atoms with Crippen LogP contribution in [0.5, 0.6) is 0 Å². The van der Waals surface area contributed by atoms with Gasteiger partial charge in [-0.1, -0.05) is 0 Å². The minimum Gasteiger partial charge on any atom is -0.378 e. The van der Waals surface area contributed by atoms with Gasteiger partial charge in [0.15, 0.2) is 0 Å². The van der Waals surface area contributed by atoms with Crippen molar-refractivity contribution in [2.24, 2.45) is 5.92 Å². The van der Waals surface area contributed by atoms with Gasteiger partial charge < -0.3 is 15.4 Å². The first kappa shape index (κ1) is 16.4. The predicted octanol–water partition coefficient (Wildman–Crippen LogP) is 3.70. The number of amides is 2. The van der Waals surface area contributed by atoms with Gasteiger partial charge in [-0.25, -0.2) is 4.79 Å². The number of hydrogen-bond donors (Lipinski definition) is 2. The summed E-state index contributed by atoms with van der Waals surface area (Å²) < 4.78 is 7.72. The zero-order valence-corrected chi connectivity index (χ0v) is 14.9. The maximum absolute atomic E-state index is 12.4. The number of carbonyl (C=O) groups is 1. The first-order valence-electron chi connectivity index (χ1n) is 9.28. The number of ether oxygens (including phenoxy) is 1. The normalized spacial score (nSPS) is 26.0. The number of fused-ring (bicyclic) bond motifs is 2. The Kier molecular flexibility index (Phi) is 4.37. The van der Waals surface area contributed by atoms with Gasteiger partial charge in [-0.3, -0.25) is 4.68 Å². The van der Waals surface area contributed by atoms with Gasteiger partial charge in [-0.15, -0.1) is 0 Å². The molecule has 6 heteroatoms. The standard InChI is InChI=1S/C19H26N4O2/c1-12(2)23-11-13-10-14(6-7-16(13)22-23)20-19(24)21-17-4-3-5-18-15(17)8-9-25-18/h6-7,10-12,15,17-18H,3-5,8-9H2,1-2H3,(H2,20,21,24)/t15-,17+,18+/m0/s1. The highest BCUT2D eigenvalue weighted by molar-refractivity contribution is 5.92. The van der Waals surface area contributed by atoms with Crippen LogP contribution in [-0.4, -0.2) is 34.6 Å². The second kappa shape index (κ2) is 6.67. The van der Waals surface area contributed by atoms with E-state index in [4.69, 9.17) is 4.74 Å². The smallest absolute Gasteiger partial charge is 0.319 e. The molecule has 2 N–H and O–H groups in total. The van der Waals surface area contributed by atoms with E-state index in [1.807, 2.05) is 29.1 Å². The monoisotopic (exact) mass is 342 g/mol. The number of rotatable bonds is 3. The summed E-state index contributed by atoms with van der Waals surface area (Å²) in [5.74, 6) is 0.464. The van der Waals surface area contributed by atoms with Crippen LogP contribution in [0.3, 0.4) is 0 Å². The lowest BCUT2D eigenvalue weighted by Crippen LogP contribution is -2.47. The van der Waals surface area contributed by atoms with E-state index in [9.17, 15) is 4.79 Å². The van der Waals surface area contributed by atoms with Crippen molar-refractivity contribution in [2.75, 3.05) is 11.9 Å². The van der Waals surface area contributed by atoms with E-state index in [2.05, 4.69) is 29.6 Å². The van der Waals surface area contributed by atoms with E-state index in [1.54, 1.807) is 0 Å². The summed E-state index contributed by atoms with van der Waals surface area (Å²) in [7, 11) is 0. The maximum atomic E-state index is 12.4. The SMILES string of the molecule is CC(C)n1cc2cc(NC(=O)N[C@@H]3CCC[C@H]4OCC[C@@H]34)ccc2n1. The van der Waals surface area contributed by atoms with Crippen molar-refractivity contribution >= 4 is 22.6 Å². The maximum Gasteiger partial charge on any atom is 0.319 e. The van der Waals surface area contributed by atoms with Crippen molar-refractivity contribution in [1.29, 1.82) is 0 Å². The van der Waals surface area contributed by atoms with Crippen LogP contribution in [0.2, 0.25) is 0 Å². The molecule has 6 nitrogen and oxygen atoms in total. The summed E-state index contributed by atoms with van der Waals surface area (Å²) in [5.41, 5.74) is 1.74. The Bertz CT molecular complexity index is 770. The van der Waals surface area contributed by atoms with Crippen LogP contribution in [0.25, 0.3) is 10.9 Å². The molecule has 2 aromatic rings. The molecule has 2 aliphatic rings. The fraction of sp³-hybridized carbons (Fsp3) is 0.579. The van der Waals surface area contributed by atoms with Crippen molar-refractivity contribution in [3.8, 4) is 0 Å². The van der Waals surface area contributed by atoms with Gasteiger partial charge in [0.1, 0.15) is 0 Å². The summed E-state index contributed by atoms with van der Waals surface area (Å²) in [6.45, 7) is 5.02. The molecule has 1 aromatic carbocycles. The van der Waals surface area contributed by atoms with Crippen LogP contribution in [0.15, 0.2) is 24.4 Å². The van der Waals surface area contributed by atoms with E-state index in [0.717, 1.165) is 48.9 Å². The Morgan fingerprint density at radius 1 is 1.32 bits per heavy atom. The van der Waals surface area contributed by atoms with E-state index < -0.39 is 0 Å². The second-order valence-corrected chi connectivity index (χ2v) is 7.47. The Hall–Kier alpha value is -2.08. The minimum atomic E-state index is -0.131. The highest BCUT2D eigenvalue weighted by Crippen LogP contribution is 2.34. The Morgan fingerprint density at radius 2 is 2.20 bits per heavy atom. The Morgan fingerprint density at radius 3 is 3.04 bits per heavy atom. The van der Waals surface area contributed by atoms with Crippen LogP contribution in [-0.2, 0) is 4.74 Å². The third kappa shape index (κ3) is 3.35. The third-order valence-corrected chi connectivity index (χ3v) is 5.41. The molecule has 1 saturated heterocycles. The number of carbonyl (C=O) groups excluding carboxylic acids is 1. The van der Waals surface area contributed by atoms with Crippen LogP contribution in [0, 0.1) is 5.92 Å². The largest absolute Gasteiger partial charge is 0.378 e. The molecule has 1 aliphatic heterocycles. The van der Waals surface area contributed by atoms with Crippen molar-refractivity contribution in [1.82, 2.24) is 15.1 Å². The number of urea groups is 1. The number of aromatic nitrogens is 2. The highest BCUT2D eigenvalue weighted by Gasteiger charge is 2.38. The van der Waals surface area contributed by atoms with Gasteiger partial charge in [-0.2, -0.15) is 5.10 Å². The Balaban J connectivity index is 1.42. The number of nitrogens with zero attached hydrogens (tertiary/aromatic N) is 2. The molecule has 3 atom stereocenters. The zero-order chi connectivity index (χ0) is 17.4. The fourth-order valence-electron chi connectivity index (χ4n) is 4.08. The number of hydrogen-bond acceptors (Lipinski definition) is 3. The lowest BCUT2D eigenvalue weighted by atomic mass is 9.82. The summed E-state index contributed by atoms with van der Waals surface area (Å²) in [6.07, 6.45) is 6.68. The highest BCUT2D eigenvalue weighted by atomic mass is 16.5. The third-order valence-electron chi connectivity index (χ3n) is 5.41. The van der Waals surface area contributed by atoms with Crippen LogP contribution < -0.4 is 10.6 Å². The summed E-state index contributed by atoms with van der Waals surface area (Å²) in [6, 6.07) is 6.23. The summed E-state index contributed by atoms with van der Waals surface area (Å²) >= 11 is 0. The number of anilines is 1. The zero-order valence-electron chi connectivity index (χ0n) is 14.9. The molecular weight excluding hydrogens is 316 g/mol. The van der Waals surface area contributed by atoms with E-state index in [0.29, 0.717) is 18.1 Å². The molecule has 2 fully saturated rings. The van der Waals surface area contributed by atoms with Crippen molar-refractivity contribution in [3.05, 3.63) is 24.4 Å². The molecule has 25 heavy (non-hydrogen) atoms. The van der Waals surface area contributed by atoms with Gasteiger partial charge in [-0.05, 0) is 57.7 Å². The quantitative estimate of drug-likeness (QED) is 0.894. The minimum absolute atomic E-state index is 0.131. The van der Waals surface area contributed by atoms with E-state index >= 15 is 0 Å². The van der Waals surface area contributed by atoms with Crippen molar-refractivity contribution in [2.45, 2.75) is 57.7 Å². The predicted molar refractivity (Wildman–Crippen MR) is 97.8 cm³/mol. The van der Waals surface area contributed by atoms with Gasteiger partial charge in [0.05, 0.1) is 11.6 Å². The van der Waals surface area contributed by atoms with Crippen LogP contribution in [0.1, 0.15) is 45.6 Å². The molecule has 0 unspecified atom stereocenters. The fourth-order valence-corrected chi connectivity index (χ4v) is 4.08. The molecule has 0 bridgehead atoms. The topological polar surface area (TPSA) is 68.2 Å². The molecule has 1 aliphatic carbocycles. The Labute approximate surface area is 147 Å². The van der Waals surface area contributed by atoms with Crippen LogP contribution in [0.4, 0.5) is 10.5 Å². The summed E-state index contributed by atoms with van der Waals surface area (Å²) in [5, 5.41) is 11.7.